The van der Waals surface area contributed by atoms with E-state index in [1.165, 1.54) is 22.3 Å². The van der Waals surface area contributed by atoms with Crippen LogP contribution in [0.5, 0.6) is 0 Å². The highest BCUT2D eigenvalue weighted by atomic mass is 16.5. The fourth-order valence-corrected chi connectivity index (χ4v) is 4.41. The average molecular weight is 359 g/mol. The van der Waals surface area contributed by atoms with Crippen LogP contribution in [0.25, 0.3) is 11.1 Å². The first-order valence-electron chi connectivity index (χ1n) is 9.81. The zero-order valence-electron chi connectivity index (χ0n) is 15.5. The Bertz CT molecular complexity index is 813. The molecule has 2 aliphatic rings. The van der Waals surface area contributed by atoms with Crippen molar-refractivity contribution in [1.82, 2.24) is 5.32 Å². The van der Waals surface area contributed by atoms with Crippen LogP contribution in [-0.4, -0.2) is 19.2 Å². The summed E-state index contributed by atoms with van der Waals surface area (Å²) in [5.74, 6) is 3.87. The first-order chi connectivity index (χ1) is 13.3. The van der Waals surface area contributed by atoms with Crippen LogP contribution in [0.2, 0.25) is 0 Å². The van der Waals surface area contributed by atoms with Crippen molar-refractivity contribution >= 4 is 6.09 Å². The number of hydrogen-bond acceptors (Lipinski definition) is 2. The number of carbonyl (C=O) groups excluding carboxylic acids is 1. The topological polar surface area (TPSA) is 38.3 Å². The number of alkyl carbamates (subject to hydrolysis) is 1. The zero-order valence-corrected chi connectivity index (χ0v) is 15.5. The molecule has 3 heteroatoms. The van der Waals surface area contributed by atoms with Crippen LogP contribution in [0.3, 0.4) is 0 Å². The van der Waals surface area contributed by atoms with E-state index >= 15 is 0 Å². The Kier molecular flexibility index (Phi) is 5.16. The van der Waals surface area contributed by atoms with Gasteiger partial charge in [0.05, 0.1) is 0 Å². The van der Waals surface area contributed by atoms with Crippen molar-refractivity contribution in [1.29, 1.82) is 0 Å². The molecule has 2 aliphatic carbocycles. The molecule has 0 unspecified atom stereocenters. The molecule has 0 saturated heterocycles. The van der Waals surface area contributed by atoms with Gasteiger partial charge in [0.25, 0.3) is 0 Å². The minimum Gasteiger partial charge on any atom is -0.449 e. The van der Waals surface area contributed by atoms with Gasteiger partial charge in [-0.05, 0) is 53.9 Å². The van der Waals surface area contributed by atoms with Crippen LogP contribution in [0.4, 0.5) is 4.79 Å². The predicted molar refractivity (Wildman–Crippen MR) is 107 cm³/mol. The quantitative estimate of drug-likeness (QED) is 0.783. The average Bonchev–Trinajstić information content (AvgIpc) is 3.05. The fourth-order valence-electron chi connectivity index (χ4n) is 4.41. The van der Waals surface area contributed by atoms with Crippen molar-refractivity contribution in [2.45, 2.75) is 31.6 Å². The highest BCUT2D eigenvalue weighted by Gasteiger charge is 2.29. The van der Waals surface area contributed by atoms with Crippen LogP contribution in [0.15, 0.2) is 48.5 Å². The molecule has 0 radical (unpaired) electrons. The third-order valence-electron chi connectivity index (χ3n) is 5.96. The van der Waals surface area contributed by atoms with Crippen molar-refractivity contribution in [2.24, 2.45) is 11.8 Å². The molecule has 0 atom stereocenters. The molecule has 27 heavy (non-hydrogen) atoms. The summed E-state index contributed by atoms with van der Waals surface area (Å²) >= 11 is 0. The summed E-state index contributed by atoms with van der Waals surface area (Å²) in [4.78, 5) is 12.2. The molecule has 0 spiro atoms. The lowest BCUT2D eigenvalue weighted by molar-refractivity contribution is 0.140. The van der Waals surface area contributed by atoms with Gasteiger partial charge in [0.2, 0.25) is 0 Å². The molecule has 2 aromatic rings. The molecule has 0 heterocycles. The maximum Gasteiger partial charge on any atom is 0.407 e. The Hall–Kier alpha value is -2.73. The van der Waals surface area contributed by atoms with Crippen molar-refractivity contribution in [3.63, 3.8) is 0 Å². The van der Waals surface area contributed by atoms with Gasteiger partial charge in [-0.15, -0.1) is 12.3 Å². The number of hydrogen-bond donors (Lipinski definition) is 1. The van der Waals surface area contributed by atoms with E-state index in [0.29, 0.717) is 25.0 Å². The van der Waals surface area contributed by atoms with E-state index in [-0.39, 0.29) is 12.0 Å². The number of carbonyl (C=O) groups is 1. The molecule has 1 saturated carbocycles. The van der Waals surface area contributed by atoms with E-state index in [1.54, 1.807) is 0 Å². The van der Waals surface area contributed by atoms with Crippen molar-refractivity contribution in [3.05, 3.63) is 59.7 Å². The summed E-state index contributed by atoms with van der Waals surface area (Å²) in [7, 11) is 0. The van der Waals surface area contributed by atoms with E-state index in [1.807, 2.05) is 12.1 Å². The molecule has 1 fully saturated rings. The number of ether oxygens (including phenoxy) is 1. The number of nitrogens with one attached hydrogen (secondary N) is 1. The summed E-state index contributed by atoms with van der Waals surface area (Å²) in [5, 5.41) is 2.94. The third kappa shape index (κ3) is 3.71. The molecule has 0 aromatic heterocycles. The smallest absolute Gasteiger partial charge is 0.407 e. The van der Waals surface area contributed by atoms with E-state index in [0.717, 1.165) is 25.7 Å². The number of rotatable bonds is 4. The van der Waals surface area contributed by atoms with Crippen LogP contribution >= 0.6 is 0 Å². The lowest BCUT2D eigenvalue weighted by Crippen LogP contribution is -2.32. The standard InChI is InChI=1S/C24H25NO2/c1-2-17-11-13-18(14-12-17)15-25-24(26)27-16-23-21-9-5-3-7-19(21)20-8-4-6-10-22(20)23/h1,3-10,17-18,23H,11-16H2,(H,25,26). The van der Waals surface area contributed by atoms with Gasteiger partial charge in [-0.25, -0.2) is 4.79 Å². The lowest BCUT2D eigenvalue weighted by Gasteiger charge is -2.25. The second-order valence-electron chi connectivity index (χ2n) is 7.59. The second kappa shape index (κ2) is 7.88. The molecule has 1 N–H and O–H groups in total. The first-order valence-corrected chi connectivity index (χ1v) is 9.81. The Balaban J connectivity index is 1.33. The third-order valence-corrected chi connectivity index (χ3v) is 5.96. The number of fused-ring (bicyclic) bond motifs is 3. The SMILES string of the molecule is C#CC1CCC(CNC(=O)OCC2c3ccccc3-c3ccccc32)CC1. The van der Waals surface area contributed by atoms with Crippen LogP contribution in [0.1, 0.15) is 42.7 Å². The second-order valence-corrected chi connectivity index (χ2v) is 7.59. The largest absolute Gasteiger partial charge is 0.449 e. The monoisotopic (exact) mass is 359 g/mol. The molecule has 2 aromatic carbocycles. The van der Waals surface area contributed by atoms with Gasteiger partial charge in [0, 0.05) is 18.4 Å². The molecule has 4 rings (SSSR count). The van der Waals surface area contributed by atoms with Crippen LogP contribution in [-0.2, 0) is 4.74 Å². The van der Waals surface area contributed by atoms with Gasteiger partial charge < -0.3 is 10.1 Å². The van der Waals surface area contributed by atoms with Gasteiger partial charge in [0.1, 0.15) is 6.61 Å². The maximum absolute atomic E-state index is 12.2. The summed E-state index contributed by atoms with van der Waals surface area (Å²) in [6, 6.07) is 16.7. The van der Waals surface area contributed by atoms with Gasteiger partial charge in [-0.2, -0.15) is 0 Å². The van der Waals surface area contributed by atoms with E-state index < -0.39 is 0 Å². The van der Waals surface area contributed by atoms with E-state index in [4.69, 9.17) is 11.2 Å². The molecular formula is C24H25NO2. The Morgan fingerprint density at radius 2 is 1.59 bits per heavy atom. The van der Waals surface area contributed by atoms with Gasteiger partial charge >= 0.3 is 6.09 Å². The molecule has 0 bridgehead atoms. The normalized spacial score (nSPS) is 21.0. The zero-order chi connectivity index (χ0) is 18.6. The number of benzene rings is 2. The van der Waals surface area contributed by atoms with Gasteiger partial charge in [0.15, 0.2) is 0 Å². The van der Waals surface area contributed by atoms with E-state index in [9.17, 15) is 4.79 Å². The Labute approximate surface area is 161 Å². The van der Waals surface area contributed by atoms with Crippen molar-refractivity contribution in [2.75, 3.05) is 13.2 Å². The molecule has 0 aliphatic heterocycles. The minimum atomic E-state index is -0.323. The van der Waals surface area contributed by atoms with Crippen LogP contribution in [0, 0.1) is 24.2 Å². The maximum atomic E-state index is 12.2. The first kappa shape index (κ1) is 17.7. The Morgan fingerprint density at radius 1 is 1.00 bits per heavy atom. The summed E-state index contributed by atoms with van der Waals surface area (Å²) in [6.07, 6.45) is 9.46. The predicted octanol–water partition coefficient (Wildman–Crippen LogP) is 4.96. The molecular weight excluding hydrogens is 334 g/mol. The Morgan fingerprint density at radius 3 is 2.19 bits per heavy atom. The number of amides is 1. The van der Waals surface area contributed by atoms with Gasteiger partial charge in [-0.3, -0.25) is 0 Å². The summed E-state index contributed by atoms with van der Waals surface area (Å²) in [5.41, 5.74) is 4.96. The highest BCUT2D eigenvalue weighted by molar-refractivity contribution is 5.79. The summed E-state index contributed by atoms with van der Waals surface area (Å²) < 4.78 is 5.59. The van der Waals surface area contributed by atoms with Crippen LogP contribution < -0.4 is 5.32 Å². The minimum absolute atomic E-state index is 0.106. The lowest BCUT2D eigenvalue weighted by atomic mass is 9.82. The highest BCUT2D eigenvalue weighted by Crippen LogP contribution is 2.44. The summed E-state index contributed by atoms with van der Waals surface area (Å²) in [6.45, 7) is 1.04. The van der Waals surface area contributed by atoms with Gasteiger partial charge in [-0.1, -0.05) is 48.5 Å². The molecule has 138 valence electrons. The van der Waals surface area contributed by atoms with Crippen molar-refractivity contribution in [3.8, 4) is 23.5 Å². The van der Waals surface area contributed by atoms with E-state index in [2.05, 4.69) is 47.6 Å². The number of terminal acetylenes is 1. The van der Waals surface area contributed by atoms with Crippen molar-refractivity contribution < 1.29 is 9.53 Å². The fraction of sp³-hybridized carbons (Fsp3) is 0.375. The molecule has 3 nitrogen and oxygen atoms in total. The molecule has 1 amide bonds.